The summed E-state index contributed by atoms with van der Waals surface area (Å²) in [7, 11) is 0. The molecule has 1 aliphatic carbocycles. The highest BCUT2D eigenvalue weighted by atomic mass is 16.6. The van der Waals surface area contributed by atoms with Gasteiger partial charge in [-0.3, -0.25) is 19.7 Å². The minimum absolute atomic E-state index is 0.0439. The van der Waals surface area contributed by atoms with Crippen LogP contribution in [0.1, 0.15) is 42.5 Å². The summed E-state index contributed by atoms with van der Waals surface area (Å²) >= 11 is 0. The molecule has 2 aliphatic heterocycles. The standard InChI is InChI=1S/C22H31N5O4/c28-21(17-4-1-5-17)26-12-3-11-24(14-15-26)19-7-6-18(16-20(19)27(30)31)22(29)25-10-2-8-23-9-13-25/h6-7,16-17,23H,1-5,8-15H2. The molecule has 0 unspecified atom stereocenters. The van der Waals surface area contributed by atoms with Crippen LogP contribution in [-0.2, 0) is 4.79 Å². The fourth-order valence-electron chi connectivity index (χ4n) is 4.59. The number of amides is 2. The lowest BCUT2D eigenvalue weighted by Gasteiger charge is -2.31. The Bertz CT molecular complexity index is 833. The molecule has 3 aliphatic rings. The van der Waals surface area contributed by atoms with E-state index in [4.69, 9.17) is 0 Å². The molecular formula is C22H31N5O4. The Balaban J connectivity index is 1.49. The number of nitrogens with zero attached hydrogens (tertiary/aromatic N) is 4. The Morgan fingerprint density at radius 1 is 0.935 bits per heavy atom. The summed E-state index contributed by atoms with van der Waals surface area (Å²) in [5, 5.41) is 15.1. The van der Waals surface area contributed by atoms with Gasteiger partial charge >= 0.3 is 0 Å². The number of rotatable bonds is 4. The van der Waals surface area contributed by atoms with Gasteiger partial charge in [-0.2, -0.15) is 0 Å². The van der Waals surface area contributed by atoms with E-state index in [9.17, 15) is 19.7 Å². The topological polar surface area (TPSA) is 99.0 Å². The fourth-order valence-corrected chi connectivity index (χ4v) is 4.59. The number of benzene rings is 1. The van der Waals surface area contributed by atoms with Gasteiger partial charge in [0.05, 0.1) is 4.92 Å². The van der Waals surface area contributed by atoms with Gasteiger partial charge in [-0.1, -0.05) is 6.42 Å². The van der Waals surface area contributed by atoms with Gasteiger partial charge in [-0.15, -0.1) is 0 Å². The van der Waals surface area contributed by atoms with Crippen molar-refractivity contribution >= 4 is 23.2 Å². The second-order valence-corrected chi connectivity index (χ2v) is 8.65. The van der Waals surface area contributed by atoms with Crippen molar-refractivity contribution in [3.8, 4) is 0 Å². The normalized spacial score (nSPS) is 20.6. The summed E-state index contributed by atoms with van der Waals surface area (Å²) in [6, 6.07) is 4.81. The Labute approximate surface area is 182 Å². The van der Waals surface area contributed by atoms with E-state index in [0.29, 0.717) is 50.5 Å². The highest BCUT2D eigenvalue weighted by Crippen LogP contribution is 2.32. The quantitative estimate of drug-likeness (QED) is 0.580. The van der Waals surface area contributed by atoms with Crippen LogP contribution in [0.3, 0.4) is 0 Å². The summed E-state index contributed by atoms with van der Waals surface area (Å²) in [5.41, 5.74) is 0.837. The van der Waals surface area contributed by atoms with Crippen LogP contribution < -0.4 is 10.2 Å². The van der Waals surface area contributed by atoms with Crippen molar-refractivity contribution in [1.29, 1.82) is 0 Å². The zero-order valence-electron chi connectivity index (χ0n) is 17.9. The van der Waals surface area contributed by atoms with Crippen LogP contribution in [0.5, 0.6) is 0 Å². The van der Waals surface area contributed by atoms with Crippen molar-refractivity contribution < 1.29 is 14.5 Å². The average molecular weight is 430 g/mol. The molecule has 0 bridgehead atoms. The van der Waals surface area contributed by atoms with Gasteiger partial charge < -0.3 is 20.0 Å². The number of hydrogen-bond acceptors (Lipinski definition) is 6. The van der Waals surface area contributed by atoms with Crippen molar-refractivity contribution in [2.24, 2.45) is 5.92 Å². The molecule has 2 heterocycles. The number of carbonyl (C=O) groups is 2. The molecule has 2 saturated heterocycles. The first-order chi connectivity index (χ1) is 15.0. The first-order valence-corrected chi connectivity index (χ1v) is 11.4. The van der Waals surface area contributed by atoms with Gasteiger partial charge in [0.2, 0.25) is 5.91 Å². The van der Waals surface area contributed by atoms with E-state index in [2.05, 4.69) is 5.32 Å². The molecule has 31 heavy (non-hydrogen) atoms. The average Bonchev–Trinajstić information content (AvgIpc) is 3.15. The van der Waals surface area contributed by atoms with Gasteiger partial charge in [0.15, 0.2) is 0 Å². The molecule has 1 aromatic carbocycles. The molecule has 4 rings (SSSR count). The third-order valence-corrected chi connectivity index (χ3v) is 6.65. The molecule has 2 amide bonds. The minimum Gasteiger partial charge on any atom is -0.364 e. The lowest BCUT2D eigenvalue weighted by Crippen LogP contribution is -2.41. The summed E-state index contributed by atoms with van der Waals surface area (Å²) in [5.74, 6) is 0.238. The van der Waals surface area contributed by atoms with Crippen LogP contribution in [0, 0.1) is 16.0 Å². The number of anilines is 1. The molecule has 3 fully saturated rings. The predicted molar refractivity (Wildman–Crippen MR) is 117 cm³/mol. The van der Waals surface area contributed by atoms with E-state index in [1.807, 2.05) is 9.80 Å². The summed E-state index contributed by atoms with van der Waals surface area (Å²) in [6.45, 7) is 5.34. The molecular weight excluding hydrogens is 398 g/mol. The van der Waals surface area contributed by atoms with Crippen molar-refractivity contribution in [3.05, 3.63) is 33.9 Å². The van der Waals surface area contributed by atoms with Crippen LogP contribution in [-0.4, -0.2) is 78.9 Å². The smallest absolute Gasteiger partial charge is 0.293 e. The lowest BCUT2D eigenvalue weighted by atomic mass is 9.84. The third kappa shape index (κ3) is 4.81. The van der Waals surface area contributed by atoms with E-state index in [0.717, 1.165) is 45.2 Å². The second kappa shape index (κ2) is 9.64. The largest absolute Gasteiger partial charge is 0.364 e. The highest BCUT2D eigenvalue weighted by Gasteiger charge is 2.31. The molecule has 0 atom stereocenters. The fraction of sp³-hybridized carbons (Fsp3) is 0.636. The molecule has 0 spiro atoms. The van der Waals surface area contributed by atoms with Crippen LogP contribution in [0.4, 0.5) is 11.4 Å². The van der Waals surface area contributed by atoms with E-state index in [1.54, 1.807) is 17.0 Å². The number of carbonyl (C=O) groups excluding carboxylic acids is 2. The van der Waals surface area contributed by atoms with Crippen LogP contribution in [0.15, 0.2) is 18.2 Å². The van der Waals surface area contributed by atoms with Gasteiger partial charge in [-0.05, 0) is 44.4 Å². The maximum Gasteiger partial charge on any atom is 0.293 e. The maximum atomic E-state index is 12.9. The zero-order chi connectivity index (χ0) is 21.8. The summed E-state index contributed by atoms with van der Waals surface area (Å²) < 4.78 is 0. The van der Waals surface area contributed by atoms with Crippen molar-refractivity contribution in [3.63, 3.8) is 0 Å². The molecule has 1 N–H and O–H groups in total. The van der Waals surface area contributed by atoms with Crippen molar-refractivity contribution in [2.75, 3.05) is 57.3 Å². The maximum absolute atomic E-state index is 12.9. The van der Waals surface area contributed by atoms with Gasteiger partial charge in [0, 0.05) is 63.4 Å². The Morgan fingerprint density at radius 2 is 1.74 bits per heavy atom. The first-order valence-electron chi connectivity index (χ1n) is 11.4. The molecule has 9 heteroatoms. The summed E-state index contributed by atoms with van der Waals surface area (Å²) in [4.78, 5) is 42.6. The molecule has 0 radical (unpaired) electrons. The monoisotopic (exact) mass is 429 g/mol. The highest BCUT2D eigenvalue weighted by molar-refractivity contribution is 5.96. The number of nitro benzene ring substituents is 1. The molecule has 168 valence electrons. The Hall–Kier alpha value is -2.68. The van der Waals surface area contributed by atoms with Crippen molar-refractivity contribution in [2.45, 2.75) is 32.1 Å². The Morgan fingerprint density at radius 3 is 2.48 bits per heavy atom. The zero-order valence-corrected chi connectivity index (χ0v) is 17.9. The number of hydrogen-bond donors (Lipinski definition) is 1. The van der Waals surface area contributed by atoms with E-state index < -0.39 is 4.92 Å². The molecule has 1 aromatic rings. The Kier molecular flexibility index (Phi) is 6.70. The molecule has 1 saturated carbocycles. The van der Waals surface area contributed by atoms with Crippen LogP contribution >= 0.6 is 0 Å². The molecule has 0 aromatic heterocycles. The summed E-state index contributed by atoms with van der Waals surface area (Å²) in [6.07, 6.45) is 4.73. The van der Waals surface area contributed by atoms with Gasteiger partial charge in [0.1, 0.15) is 5.69 Å². The second-order valence-electron chi connectivity index (χ2n) is 8.65. The minimum atomic E-state index is -0.404. The van der Waals surface area contributed by atoms with Crippen LogP contribution in [0.2, 0.25) is 0 Å². The number of nitro groups is 1. The first kappa shape index (κ1) is 21.5. The van der Waals surface area contributed by atoms with E-state index in [1.165, 1.54) is 6.07 Å². The van der Waals surface area contributed by atoms with Gasteiger partial charge in [0.25, 0.3) is 11.6 Å². The number of nitrogens with one attached hydrogen (secondary N) is 1. The van der Waals surface area contributed by atoms with E-state index >= 15 is 0 Å². The SMILES string of the molecule is O=C(c1ccc(N2CCCN(C(=O)C3CCC3)CC2)c([N+](=O)[O-])c1)N1CCCNCC1. The van der Waals surface area contributed by atoms with E-state index in [-0.39, 0.29) is 23.4 Å². The predicted octanol–water partition coefficient (Wildman–Crippen LogP) is 1.87. The lowest BCUT2D eigenvalue weighted by molar-refractivity contribution is -0.384. The van der Waals surface area contributed by atoms with Crippen molar-refractivity contribution in [1.82, 2.24) is 15.1 Å². The molecule has 9 nitrogen and oxygen atoms in total. The third-order valence-electron chi connectivity index (χ3n) is 6.65. The van der Waals surface area contributed by atoms with Crippen LogP contribution in [0.25, 0.3) is 0 Å². The van der Waals surface area contributed by atoms with Gasteiger partial charge in [-0.25, -0.2) is 0 Å².